The largest absolute Gasteiger partial charge is 0.490 e. The standard InChI is InChI=1S/C35H44ClN3O7S/c1-24-21-39(25(2)23-40)35(42)31-20-29(37-47(43,44)30-16-13-28(36)14-17-30)15-18-32(31)46-26(3)10-8-9-19-45-33(24)22-38(4)34(41)27-11-6-5-7-12-27/h5-7,11-18,20,24-26,33,37,40H,8-10,19,21-23H2,1-4H3/t24-,25+,26-,33+/m0/s1. The highest BCUT2D eigenvalue weighted by Crippen LogP contribution is 2.30. The molecular formula is C35H44ClN3O7S. The monoisotopic (exact) mass is 685 g/mol. The molecule has 10 nitrogen and oxygen atoms in total. The molecule has 3 aromatic carbocycles. The lowest BCUT2D eigenvalue weighted by Crippen LogP contribution is -2.48. The van der Waals surface area contributed by atoms with Crippen molar-refractivity contribution in [3.8, 4) is 5.75 Å². The first-order valence-corrected chi connectivity index (χ1v) is 17.7. The fraction of sp³-hybridized carbons (Fsp3) is 0.429. The summed E-state index contributed by atoms with van der Waals surface area (Å²) in [7, 11) is -2.25. The number of ether oxygens (including phenoxy) is 2. The van der Waals surface area contributed by atoms with Crippen LogP contribution in [0.3, 0.4) is 0 Å². The van der Waals surface area contributed by atoms with Gasteiger partial charge in [0.2, 0.25) is 0 Å². The van der Waals surface area contributed by atoms with Gasteiger partial charge in [0.25, 0.3) is 21.8 Å². The molecule has 12 heteroatoms. The van der Waals surface area contributed by atoms with E-state index < -0.39 is 28.1 Å². The van der Waals surface area contributed by atoms with Gasteiger partial charge in [0, 0.05) is 48.9 Å². The van der Waals surface area contributed by atoms with Crippen molar-refractivity contribution >= 4 is 39.1 Å². The molecule has 0 bridgehead atoms. The maximum atomic E-state index is 14.3. The van der Waals surface area contributed by atoms with Gasteiger partial charge in [0.15, 0.2) is 0 Å². The zero-order valence-corrected chi connectivity index (χ0v) is 28.8. The molecule has 4 rings (SSSR count). The molecule has 1 aliphatic heterocycles. The lowest BCUT2D eigenvalue weighted by atomic mass is 10.0. The van der Waals surface area contributed by atoms with Crippen LogP contribution >= 0.6 is 11.6 Å². The normalized spacial score (nSPS) is 20.3. The van der Waals surface area contributed by atoms with E-state index in [0.29, 0.717) is 35.9 Å². The Labute approximate surface area is 282 Å². The van der Waals surface area contributed by atoms with Crippen LogP contribution in [0.5, 0.6) is 5.75 Å². The van der Waals surface area contributed by atoms with Crippen LogP contribution in [0, 0.1) is 5.92 Å². The molecule has 0 aliphatic carbocycles. The minimum atomic E-state index is -3.99. The number of likely N-dealkylation sites (N-methyl/N-ethyl adjacent to an activating group) is 1. The number of benzene rings is 3. The van der Waals surface area contributed by atoms with E-state index >= 15 is 0 Å². The van der Waals surface area contributed by atoms with Crippen LogP contribution < -0.4 is 9.46 Å². The first-order valence-electron chi connectivity index (χ1n) is 15.8. The Hall–Kier alpha value is -3.64. The van der Waals surface area contributed by atoms with Crippen LogP contribution in [0.1, 0.15) is 60.7 Å². The number of fused-ring (bicyclic) bond motifs is 1. The van der Waals surface area contributed by atoms with Gasteiger partial charge in [0.1, 0.15) is 5.75 Å². The molecule has 0 spiro atoms. The zero-order chi connectivity index (χ0) is 34.1. The average molecular weight is 686 g/mol. The minimum absolute atomic E-state index is 0.0179. The van der Waals surface area contributed by atoms with Crippen LogP contribution in [-0.2, 0) is 14.8 Å². The summed E-state index contributed by atoms with van der Waals surface area (Å²) in [5.74, 6) is -0.488. The maximum absolute atomic E-state index is 14.3. The molecule has 0 unspecified atom stereocenters. The molecule has 4 atom stereocenters. The second-order valence-corrected chi connectivity index (χ2v) is 14.2. The topological polar surface area (TPSA) is 125 Å². The average Bonchev–Trinajstić information content (AvgIpc) is 3.06. The number of nitrogens with one attached hydrogen (secondary N) is 1. The molecule has 0 fully saturated rings. The van der Waals surface area contributed by atoms with Gasteiger partial charge in [-0.05, 0) is 87.7 Å². The Kier molecular flexibility index (Phi) is 12.7. The number of sulfonamides is 1. The lowest BCUT2D eigenvalue weighted by molar-refractivity contribution is -0.0149. The summed E-state index contributed by atoms with van der Waals surface area (Å²) in [6.45, 7) is 6.30. The van der Waals surface area contributed by atoms with E-state index in [2.05, 4.69) is 4.72 Å². The Morgan fingerprint density at radius 1 is 1.09 bits per heavy atom. The molecule has 1 heterocycles. The molecular weight excluding hydrogens is 642 g/mol. The SMILES string of the molecule is C[C@H](CO)N1C[C@H](C)[C@@H](CN(C)C(=O)c2ccccc2)OCCCC[C@H](C)Oc2ccc(NS(=O)(=O)c3ccc(Cl)cc3)cc2C1=O. The minimum Gasteiger partial charge on any atom is -0.490 e. The summed E-state index contributed by atoms with van der Waals surface area (Å²) >= 11 is 5.94. The number of amides is 2. The predicted molar refractivity (Wildman–Crippen MR) is 183 cm³/mol. The molecule has 254 valence electrons. The van der Waals surface area contributed by atoms with E-state index in [4.69, 9.17) is 21.1 Å². The molecule has 1 aliphatic rings. The second kappa shape index (κ2) is 16.5. The number of halogens is 1. The first kappa shape index (κ1) is 36.2. The summed E-state index contributed by atoms with van der Waals surface area (Å²) in [6.07, 6.45) is 1.65. The van der Waals surface area contributed by atoms with E-state index in [1.807, 2.05) is 32.0 Å². The smallest absolute Gasteiger partial charge is 0.261 e. The summed E-state index contributed by atoms with van der Waals surface area (Å²) in [4.78, 5) is 30.7. The Morgan fingerprint density at radius 2 is 1.79 bits per heavy atom. The fourth-order valence-electron chi connectivity index (χ4n) is 5.43. The molecule has 0 saturated carbocycles. The second-order valence-electron chi connectivity index (χ2n) is 12.1. The van der Waals surface area contributed by atoms with Crippen molar-refractivity contribution in [3.05, 3.63) is 88.9 Å². The summed E-state index contributed by atoms with van der Waals surface area (Å²) in [5, 5.41) is 10.6. The number of carbonyl (C=O) groups excluding carboxylic acids is 2. The van der Waals surface area contributed by atoms with E-state index in [1.54, 1.807) is 48.0 Å². The number of nitrogens with zero attached hydrogens (tertiary/aromatic N) is 2. The highest BCUT2D eigenvalue weighted by atomic mass is 35.5. The number of hydrogen-bond acceptors (Lipinski definition) is 7. The van der Waals surface area contributed by atoms with Gasteiger partial charge in [-0.1, -0.05) is 36.7 Å². The summed E-state index contributed by atoms with van der Waals surface area (Å²) in [6, 6.07) is 18.8. The van der Waals surface area contributed by atoms with Crippen molar-refractivity contribution < 1.29 is 32.6 Å². The summed E-state index contributed by atoms with van der Waals surface area (Å²) < 4.78 is 41.5. The molecule has 3 aromatic rings. The van der Waals surface area contributed by atoms with E-state index in [-0.39, 0.29) is 47.2 Å². The van der Waals surface area contributed by atoms with Crippen molar-refractivity contribution in [1.82, 2.24) is 9.80 Å². The van der Waals surface area contributed by atoms with Crippen molar-refractivity contribution in [3.63, 3.8) is 0 Å². The van der Waals surface area contributed by atoms with Crippen LogP contribution in [0.4, 0.5) is 5.69 Å². The van der Waals surface area contributed by atoms with Crippen LogP contribution in [0.2, 0.25) is 5.02 Å². The highest BCUT2D eigenvalue weighted by Gasteiger charge is 2.31. The first-order chi connectivity index (χ1) is 22.4. The Morgan fingerprint density at radius 3 is 2.47 bits per heavy atom. The third-order valence-electron chi connectivity index (χ3n) is 8.25. The van der Waals surface area contributed by atoms with Gasteiger partial charge in [-0.3, -0.25) is 14.3 Å². The molecule has 47 heavy (non-hydrogen) atoms. The van der Waals surface area contributed by atoms with Gasteiger partial charge in [-0.2, -0.15) is 0 Å². The quantitative estimate of drug-likeness (QED) is 0.311. The van der Waals surface area contributed by atoms with E-state index in [9.17, 15) is 23.1 Å². The number of hydrogen-bond donors (Lipinski definition) is 2. The van der Waals surface area contributed by atoms with Gasteiger partial charge in [0.05, 0.1) is 35.3 Å². The number of aliphatic hydroxyl groups is 1. The fourth-order valence-corrected chi connectivity index (χ4v) is 6.61. The maximum Gasteiger partial charge on any atom is 0.261 e. The van der Waals surface area contributed by atoms with Gasteiger partial charge in [-0.15, -0.1) is 0 Å². The number of anilines is 1. The molecule has 2 amide bonds. The van der Waals surface area contributed by atoms with Crippen molar-refractivity contribution in [2.75, 3.05) is 38.1 Å². The predicted octanol–water partition coefficient (Wildman–Crippen LogP) is 5.71. The van der Waals surface area contributed by atoms with Crippen LogP contribution in [0.15, 0.2) is 77.7 Å². The van der Waals surface area contributed by atoms with Gasteiger partial charge < -0.3 is 24.4 Å². The number of aliphatic hydroxyl groups excluding tert-OH is 1. The molecule has 0 aromatic heterocycles. The Balaban J connectivity index is 1.66. The van der Waals surface area contributed by atoms with Crippen LogP contribution in [0.25, 0.3) is 0 Å². The number of carbonyl (C=O) groups is 2. The molecule has 0 radical (unpaired) electrons. The number of rotatable bonds is 8. The molecule has 0 saturated heterocycles. The highest BCUT2D eigenvalue weighted by molar-refractivity contribution is 7.92. The van der Waals surface area contributed by atoms with E-state index in [0.717, 1.165) is 12.8 Å². The van der Waals surface area contributed by atoms with Crippen LogP contribution in [-0.4, -0.2) is 86.7 Å². The lowest BCUT2D eigenvalue weighted by Gasteiger charge is -2.36. The third-order valence-corrected chi connectivity index (χ3v) is 9.90. The van der Waals surface area contributed by atoms with Gasteiger partial charge >= 0.3 is 0 Å². The third kappa shape index (κ3) is 9.70. The van der Waals surface area contributed by atoms with Gasteiger partial charge in [-0.25, -0.2) is 8.42 Å². The van der Waals surface area contributed by atoms with E-state index in [1.165, 1.54) is 30.3 Å². The summed E-state index contributed by atoms with van der Waals surface area (Å²) in [5.41, 5.74) is 0.908. The Bertz CT molecular complexity index is 1610. The van der Waals surface area contributed by atoms with Crippen molar-refractivity contribution in [2.45, 2.75) is 63.2 Å². The zero-order valence-electron chi connectivity index (χ0n) is 27.3. The van der Waals surface area contributed by atoms with Crippen molar-refractivity contribution in [2.24, 2.45) is 5.92 Å². The molecule has 2 N–H and O–H groups in total. The van der Waals surface area contributed by atoms with Crippen molar-refractivity contribution in [1.29, 1.82) is 0 Å².